The van der Waals surface area contributed by atoms with Crippen molar-refractivity contribution in [2.45, 2.75) is 31.8 Å². The number of hydrogen-bond acceptors (Lipinski definition) is 4. The van der Waals surface area contributed by atoms with Crippen LogP contribution in [0, 0.1) is 5.92 Å². The molecule has 2 N–H and O–H groups in total. The molecule has 1 aliphatic carbocycles. The van der Waals surface area contributed by atoms with Gasteiger partial charge < -0.3 is 15.2 Å². The highest BCUT2D eigenvalue weighted by Gasteiger charge is 2.22. The zero-order valence-electron chi connectivity index (χ0n) is 13.8. The van der Waals surface area contributed by atoms with Crippen LogP contribution in [0.25, 0.3) is 10.4 Å². The van der Waals surface area contributed by atoms with Gasteiger partial charge in [-0.15, -0.1) is 11.3 Å². The van der Waals surface area contributed by atoms with E-state index in [-0.39, 0.29) is 12.0 Å². The standard InChI is InChI=1S/C19H23NO3S/c1-23-16-11-17(14-7-3-2-4-8-14)24-18(16)19(22)20-12-13-6-5-9-15(21)10-13/h2-4,7-8,11,13,15,21H,5-6,9-10,12H2,1H3,(H,20,22). The van der Waals surface area contributed by atoms with Gasteiger partial charge in [-0.2, -0.15) is 0 Å². The van der Waals surface area contributed by atoms with Crippen LogP contribution in [0.5, 0.6) is 5.75 Å². The third-order valence-corrected chi connectivity index (χ3v) is 5.65. The first kappa shape index (κ1) is 17.0. The summed E-state index contributed by atoms with van der Waals surface area (Å²) in [5.74, 6) is 0.872. The smallest absolute Gasteiger partial charge is 0.265 e. The zero-order chi connectivity index (χ0) is 16.9. The van der Waals surface area contributed by atoms with Crippen LogP contribution in [0.15, 0.2) is 36.4 Å². The number of nitrogens with one attached hydrogen (secondary N) is 1. The normalized spacial score (nSPS) is 20.6. The predicted octanol–water partition coefficient (Wildman–Crippen LogP) is 3.70. The van der Waals surface area contributed by atoms with Gasteiger partial charge in [0, 0.05) is 11.4 Å². The van der Waals surface area contributed by atoms with Crippen molar-refractivity contribution in [2.24, 2.45) is 5.92 Å². The third-order valence-electron chi connectivity index (χ3n) is 4.49. The maximum atomic E-state index is 12.6. The summed E-state index contributed by atoms with van der Waals surface area (Å²) in [4.78, 5) is 14.2. The summed E-state index contributed by atoms with van der Waals surface area (Å²) >= 11 is 1.45. The Hall–Kier alpha value is -1.85. The van der Waals surface area contributed by atoms with Crippen LogP contribution in [0.2, 0.25) is 0 Å². The predicted molar refractivity (Wildman–Crippen MR) is 96.6 cm³/mol. The highest BCUT2D eigenvalue weighted by molar-refractivity contribution is 7.17. The van der Waals surface area contributed by atoms with E-state index in [1.807, 2.05) is 36.4 Å². The van der Waals surface area contributed by atoms with E-state index < -0.39 is 0 Å². The summed E-state index contributed by atoms with van der Waals surface area (Å²) in [6.45, 7) is 0.609. The lowest BCUT2D eigenvalue weighted by Gasteiger charge is -2.25. The van der Waals surface area contributed by atoms with E-state index in [2.05, 4.69) is 5.32 Å². The van der Waals surface area contributed by atoms with E-state index in [9.17, 15) is 9.90 Å². The Labute approximate surface area is 146 Å². The maximum Gasteiger partial charge on any atom is 0.265 e. The molecule has 1 aromatic heterocycles. The van der Waals surface area contributed by atoms with E-state index >= 15 is 0 Å². The van der Waals surface area contributed by atoms with Gasteiger partial charge in [0.25, 0.3) is 5.91 Å². The molecule has 2 atom stereocenters. The number of carbonyl (C=O) groups is 1. The van der Waals surface area contributed by atoms with Crippen LogP contribution in [0.1, 0.15) is 35.4 Å². The fourth-order valence-electron chi connectivity index (χ4n) is 3.19. The summed E-state index contributed by atoms with van der Waals surface area (Å²) in [5, 5.41) is 12.8. The minimum absolute atomic E-state index is 0.0981. The third kappa shape index (κ3) is 3.97. The molecular weight excluding hydrogens is 322 g/mol. The van der Waals surface area contributed by atoms with Gasteiger partial charge in [0.2, 0.25) is 0 Å². The number of ether oxygens (including phenoxy) is 1. The summed E-state index contributed by atoms with van der Waals surface area (Å²) in [6.07, 6.45) is 3.53. The summed E-state index contributed by atoms with van der Waals surface area (Å²) in [6, 6.07) is 11.9. The molecule has 2 unspecified atom stereocenters. The fourth-order valence-corrected chi connectivity index (χ4v) is 4.24. The highest BCUT2D eigenvalue weighted by atomic mass is 32.1. The van der Waals surface area contributed by atoms with E-state index in [0.29, 0.717) is 23.1 Å². The summed E-state index contributed by atoms with van der Waals surface area (Å²) < 4.78 is 5.39. The first-order valence-electron chi connectivity index (χ1n) is 8.37. The summed E-state index contributed by atoms with van der Waals surface area (Å²) in [5.41, 5.74) is 1.08. The Morgan fingerprint density at radius 1 is 1.33 bits per heavy atom. The van der Waals surface area contributed by atoms with E-state index in [0.717, 1.165) is 36.1 Å². The van der Waals surface area contributed by atoms with E-state index in [1.54, 1.807) is 7.11 Å². The van der Waals surface area contributed by atoms with Gasteiger partial charge >= 0.3 is 0 Å². The van der Waals surface area contributed by atoms with Crippen LogP contribution >= 0.6 is 11.3 Å². The number of aliphatic hydroxyl groups excluding tert-OH is 1. The van der Waals surface area contributed by atoms with Crippen molar-refractivity contribution in [3.8, 4) is 16.2 Å². The topological polar surface area (TPSA) is 58.6 Å². The van der Waals surface area contributed by atoms with Crippen LogP contribution in [0.4, 0.5) is 0 Å². The SMILES string of the molecule is COc1cc(-c2ccccc2)sc1C(=O)NCC1CCCC(O)C1. The molecule has 1 amide bonds. The quantitative estimate of drug-likeness (QED) is 0.868. The average molecular weight is 345 g/mol. The Morgan fingerprint density at radius 3 is 2.83 bits per heavy atom. The molecule has 1 saturated carbocycles. The van der Waals surface area contributed by atoms with E-state index in [1.165, 1.54) is 11.3 Å². The number of carbonyl (C=O) groups excluding carboxylic acids is 1. The Balaban J connectivity index is 1.69. The maximum absolute atomic E-state index is 12.6. The Morgan fingerprint density at radius 2 is 2.12 bits per heavy atom. The number of hydrogen-bond donors (Lipinski definition) is 2. The molecule has 3 rings (SSSR count). The van der Waals surface area contributed by atoms with Gasteiger partial charge in [-0.3, -0.25) is 4.79 Å². The molecular formula is C19H23NO3S. The first-order chi connectivity index (χ1) is 11.7. The fraction of sp³-hybridized carbons (Fsp3) is 0.421. The molecule has 24 heavy (non-hydrogen) atoms. The second kappa shape index (κ2) is 7.81. The number of rotatable bonds is 5. The molecule has 0 radical (unpaired) electrons. The number of thiophene rings is 1. The number of aliphatic hydroxyl groups is 1. The number of methoxy groups -OCH3 is 1. The molecule has 0 bridgehead atoms. The van der Waals surface area contributed by atoms with Crippen LogP contribution in [0.3, 0.4) is 0 Å². The first-order valence-corrected chi connectivity index (χ1v) is 9.18. The second-order valence-electron chi connectivity index (χ2n) is 6.27. The van der Waals surface area contributed by atoms with E-state index in [4.69, 9.17) is 4.74 Å². The molecule has 1 aromatic carbocycles. The molecule has 0 aliphatic heterocycles. The van der Waals surface area contributed by atoms with Gasteiger partial charge in [-0.05, 0) is 36.8 Å². The van der Waals surface area contributed by atoms with Crippen LogP contribution < -0.4 is 10.1 Å². The lowest BCUT2D eigenvalue weighted by molar-refractivity contribution is 0.0874. The molecule has 4 nitrogen and oxygen atoms in total. The van der Waals surface area contributed by atoms with Gasteiger partial charge in [0.15, 0.2) is 0 Å². The largest absolute Gasteiger partial charge is 0.495 e. The molecule has 1 heterocycles. The molecule has 5 heteroatoms. The second-order valence-corrected chi connectivity index (χ2v) is 7.32. The average Bonchev–Trinajstić information content (AvgIpc) is 3.05. The van der Waals surface area contributed by atoms with Crippen LogP contribution in [-0.2, 0) is 0 Å². The van der Waals surface area contributed by atoms with Gasteiger partial charge in [-0.25, -0.2) is 0 Å². The van der Waals surface area contributed by atoms with Gasteiger partial charge in [-0.1, -0.05) is 36.8 Å². The van der Waals surface area contributed by atoms with Crippen molar-refractivity contribution in [3.63, 3.8) is 0 Å². The molecule has 2 aromatic rings. The van der Waals surface area contributed by atoms with Crippen molar-refractivity contribution in [2.75, 3.05) is 13.7 Å². The summed E-state index contributed by atoms with van der Waals surface area (Å²) in [7, 11) is 1.59. The number of amides is 1. The zero-order valence-corrected chi connectivity index (χ0v) is 14.6. The number of benzene rings is 1. The van der Waals surface area contributed by atoms with Crippen molar-refractivity contribution in [1.82, 2.24) is 5.32 Å². The van der Waals surface area contributed by atoms with Crippen molar-refractivity contribution in [3.05, 3.63) is 41.3 Å². The molecule has 1 aliphatic rings. The van der Waals surface area contributed by atoms with Gasteiger partial charge in [0.05, 0.1) is 13.2 Å². The Kier molecular flexibility index (Phi) is 5.53. The molecule has 1 fully saturated rings. The van der Waals surface area contributed by atoms with Crippen LogP contribution in [-0.4, -0.2) is 30.8 Å². The van der Waals surface area contributed by atoms with Crippen molar-refractivity contribution >= 4 is 17.2 Å². The minimum atomic E-state index is -0.221. The van der Waals surface area contributed by atoms with Gasteiger partial charge in [0.1, 0.15) is 10.6 Å². The minimum Gasteiger partial charge on any atom is -0.495 e. The Bertz CT molecular complexity index is 683. The molecule has 0 spiro atoms. The molecule has 0 saturated heterocycles. The highest BCUT2D eigenvalue weighted by Crippen LogP contribution is 2.36. The molecule has 128 valence electrons. The lowest BCUT2D eigenvalue weighted by atomic mass is 9.87. The van der Waals surface area contributed by atoms with Crippen molar-refractivity contribution < 1.29 is 14.6 Å². The monoisotopic (exact) mass is 345 g/mol. The lowest BCUT2D eigenvalue weighted by Crippen LogP contribution is -2.32. The van der Waals surface area contributed by atoms with Crippen molar-refractivity contribution in [1.29, 1.82) is 0 Å².